The van der Waals surface area contributed by atoms with Crippen LogP contribution in [0.5, 0.6) is 0 Å². The van der Waals surface area contributed by atoms with Crippen LogP contribution in [-0.2, 0) is 18.6 Å². The first-order valence-corrected chi connectivity index (χ1v) is 5.62. The highest BCUT2D eigenvalue weighted by atomic mass is 31.2. The van der Waals surface area contributed by atoms with E-state index in [4.69, 9.17) is 19.3 Å². The summed E-state index contributed by atoms with van der Waals surface area (Å²) in [6, 6.07) is 0. The highest BCUT2D eigenvalue weighted by Crippen LogP contribution is 2.47. The van der Waals surface area contributed by atoms with Crippen LogP contribution in [0.15, 0.2) is 4.74 Å². The predicted octanol–water partition coefficient (Wildman–Crippen LogP) is 4.30. The first-order valence-electron chi connectivity index (χ1n) is 3.60. The first-order chi connectivity index (χ1) is 6.39. The van der Waals surface area contributed by atoms with Crippen LogP contribution in [0.2, 0.25) is 0 Å². The zero-order chi connectivity index (χ0) is 11.2. The Morgan fingerprint density at radius 2 is 1.15 bits per heavy atom. The number of carboxylic acid groups (broad SMARTS) is 2. The molecule has 0 aromatic heterocycles. The maximum absolute atomic E-state index is 10.2. The van der Waals surface area contributed by atoms with Crippen molar-refractivity contribution >= 4 is 19.4 Å². The SMILES string of the molecule is C.C.C.C.C.C.CN=P(C)(OCC(=O)O)OCC(=O)O. The lowest BCUT2D eigenvalue weighted by Crippen LogP contribution is -2.10. The van der Waals surface area contributed by atoms with E-state index in [2.05, 4.69) is 4.74 Å². The van der Waals surface area contributed by atoms with E-state index in [1.165, 1.54) is 13.7 Å². The minimum atomic E-state index is -2.69. The van der Waals surface area contributed by atoms with Gasteiger partial charge in [-0.1, -0.05) is 44.6 Å². The molecule has 0 fully saturated rings. The summed E-state index contributed by atoms with van der Waals surface area (Å²) in [5.74, 6) is -2.31. The molecule has 130 valence electrons. The van der Waals surface area contributed by atoms with Crippen molar-refractivity contribution in [1.29, 1.82) is 0 Å². The van der Waals surface area contributed by atoms with Gasteiger partial charge in [0.15, 0.2) is 13.2 Å². The summed E-state index contributed by atoms with van der Waals surface area (Å²) in [5.41, 5.74) is 0. The summed E-state index contributed by atoms with van der Waals surface area (Å²) in [7, 11) is -1.31. The van der Waals surface area contributed by atoms with Crippen LogP contribution in [0.1, 0.15) is 44.6 Å². The first kappa shape index (κ1) is 42.7. The van der Waals surface area contributed by atoms with E-state index in [0.29, 0.717) is 0 Å². The Morgan fingerprint density at radius 1 is 0.900 bits per heavy atom. The number of hydrogen-bond acceptors (Lipinski definition) is 5. The molecule has 0 aliphatic carbocycles. The lowest BCUT2D eigenvalue weighted by molar-refractivity contribution is -0.139. The number of carboxylic acids is 2. The van der Waals surface area contributed by atoms with Crippen molar-refractivity contribution in [1.82, 2.24) is 0 Å². The van der Waals surface area contributed by atoms with Crippen LogP contribution in [0, 0.1) is 0 Å². The number of aliphatic carboxylic acids is 2. The third kappa shape index (κ3) is 22.3. The number of nitrogens with zero attached hydrogens (tertiary/aromatic N) is 1. The van der Waals surface area contributed by atoms with Gasteiger partial charge in [0.1, 0.15) is 0 Å². The van der Waals surface area contributed by atoms with E-state index in [0.717, 1.165) is 0 Å². The van der Waals surface area contributed by atoms with Gasteiger partial charge in [0.25, 0.3) is 0 Å². The van der Waals surface area contributed by atoms with Crippen LogP contribution < -0.4 is 0 Å². The molecular formula is C12H36NO6P. The minimum Gasteiger partial charge on any atom is -0.480 e. The number of rotatable bonds is 6. The van der Waals surface area contributed by atoms with E-state index >= 15 is 0 Å². The minimum absolute atomic E-state index is 0. The summed E-state index contributed by atoms with van der Waals surface area (Å²) in [6.07, 6.45) is 0. The molecule has 0 rings (SSSR count). The van der Waals surface area contributed by atoms with Gasteiger partial charge in [-0.25, -0.2) is 9.59 Å². The van der Waals surface area contributed by atoms with E-state index in [9.17, 15) is 9.59 Å². The van der Waals surface area contributed by atoms with Gasteiger partial charge < -0.3 is 19.3 Å². The fourth-order valence-electron chi connectivity index (χ4n) is 0.503. The third-order valence-electron chi connectivity index (χ3n) is 1.22. The van der Waals surface area contributed by atoms with Crippen LogP contribution >= 0.6 is 7.51 Å². The van der Waals surface area contributed by atoms with Gasteiger partial charge in [0.2, 0.25) is 7.51 Å². The molecule has 20 heavy (non-hydrogen) atoms. The lowest BCUT2D eigenvalue weighted by atomic mass is 10.8. The largest absolute Gasteiger partial charge is 0.480 e. The normalized spacial score (nSPS) is 7.70. The highest BCUT2D eigenvalue weighted by molar-refractivity contribution is 7.55. The van der Waals surface area contributed by atoms with Gasteiger partial charge in [-0.2, -0.15) is 0 Å². The number of hydrogen-bond donors (Lipinski definition) is 2. The molecule has 0 aliphatic heterocycles. The van der Waals surface area contributed by atoms with Crippen LogP contribution in [-0.4, -0.2) is 49.1 Å². The van der Waals surface area contributed by atoms with Crippen LogP contribution in [0.25, 0.3) is 0 Å². The molecule has 0 heterocycles. The van der Waals surface area contributed by atoms with Crippen molar-refractivity contribution in [2.75, 3.05) is 26.9 Å². The molecule has 0 aromatic rings. The summed E-state index contributed by atoms with van der Waals surface area (Å²) in [6.45, 7) is 0.335. The predicted molar refractivity (Wildman–Crippen MR) is 88.8 cm³/mol. The molecule has 0 saturated carbocycles. The van der Waals surface area contributed by atoms with Crippen molar-refractivity contribution in [3.63, 3.8) is 0 Å². The fraction of sp³-hybridized carbons (Fsp3) is 0.833. The molecule has 0 radical (unpaired) electrons. The highest BCUT2D eigenvalue weighted by Gasteiger charge is 2.16. The van der Waals surface area contributed by atoms with Crippen molar-refractivity contribution in [3.05, 3.63) is 0 Å². The standard InChI is InChI=1S/C6H12NO6P.6CH4/c1-7-14(2,12-3-5(8)9)13-4-6(10)11;;;;;;/h3-4H2,1-2H3,(H,8,9)(H,10,11);6*1H4. The molecule has 7 nitrogen and oxygen atoms in total. The third-order valence-corrected chi connectivity index (χ3v) is 3.16. The second kappa shape index (κ2) is 20.4. The number of carbonyl (C=O) groups is 2. The average Bonchev–Trinajstić information content (AvgIpc) is 2.11. The Morgan fingerprint density at radius 3 is 1.30 bits per heavy atom. The van der Waals surface area contributed by atoms with E-state index in [1.807, 2.05) is 0 Å². The fourth-order valence-corrected chi connectivity index (χ4v) is 1.51. The quantitative estimate of drug-likeness (QED) is 0.707. The van der Waals surface area contributed by atoms with Crippen molar-refractivity contribution in [2.24, 2.45) is 4.74 Å². The van der Waals surface area contributed by atoms with Gasteiger partial charge in [-0.3, -0.25) is 4.74 Å². The Balaban J connectivity index is -0.0000000563. The molecule has 0 aliphatic rings. The zero-order valence-corrected chi connectivity index (χ0v) is 8.73. The van der Waals surface area contributed by atoms with E-state index < -0.39 is 32.7 Å². The molecule has 8 heteroatoms. The molecule has 0 unspecified atom stereocenters. The van der Waals surface area contributed by atoms with Crippen molar-refractivity contribution in [3.8, 4) is 0 Å². The summed E-state index contributed by atoms with van der Waals surface area (Å²) in [5, 5.41) is 16.7. The molecule has 0 amide bonds. The van der Waals surface area contributed by atoms with Crippen LogP contribution in [0.3, 0.4) is 0 Å². The molecular weight excluding hydrogens is 285 g/mol. The Bertz CT molecular complexity index is 259. The zero-order valence-electron chi connectivity index (χ0n) is 7.84. The Labute approximate surface area is 125 Å². The van der Waals surface area contributed by atoms with Gasteiger partial charge in [0.05, 0.1) is 0 Å². The molecule has 0 spiro atoms. The summed E-state index contributed by atoms with van der Waals surface area (Å²) >= 11 is 0. The molecule has 0 aromatic carbocycles. The van der Waals surface area contributed by atoms with Gasteiger partial charge in [0, 0.05) is 13.7 Å². The second-order valence-corrected chi connectivity index (χ2v) is 4.86. The van der Waals surface area contributed by atoms with Crippen LogP contribution in [0.4, 0.5) is 0 Å². The molecule has 0 bridgehead atoms. The summed E-state index contributed by atoms with van der Waals surface area (Å²) < 4.78 is 13.4. The van der Waals surface area contributed by atoms with Gasteiger partial charge >= 0.3 is 11.9 Å². The summed E-state index contributed by atoms with van der Waals surface area (Å²) in [4.78, 5) is 20.4. The second-order valence-electron chi connectivity index (χ2n) is 2.34. The van der Waals surface area contributed by atoms with E-state index in [-0.39, 0.29) is 44.6 Å². The average molecular weight is 321 g/mol. The Hall–Kier alpha value is -0.910. The van der Waals surface area contributed by atoms with Gasteiger partial charge in [-0.15, -0.1) is 0 Å². The smallest absolute Gasteiger partial charge is 0.330 e. The Kier molecular flexibility index (Phi) is 43.6. The van der Waals surface area contributed by atoms with E-state index in [1.54, 1.807) is 0 Å². The molecule has 0 saturated heterocycles. The van der Waals surface area contributed by atoms with Crippen molar-refractivity contribution < 1.29 is 28.8 Å². The topological polar surface area (TPSA) is 105 Å². The maximum atomic E-state index is 10.2. The molecule has 2 N–H and O–H groups in total. The monoisotopic (exact) mass is 321 g/mol. The van der Waals surface area contributed by atoms with Crippen molar-refractivity contribution in [2.45, 2.75) is 44.6 Å². The lowest BCUT2D eigenvalue weighted by Gasteiger charge is -2.17. The maximum Gasteiger partial charge on any atom is 0.330 e. The molecule has 0 atom stereocenters. The van der Waals surface area contributed by atoms with Gasteiger partial charge in [-0.05, 0) is 0 Å².